The zero-order valence-corrected chi connectivity index (χ0v) is 14.7. The summed E-state index contributed by atoms with van der Waals surface area (Å²) in [4.78, 5) is 16.4. The van der Waals surface area contributed by atoms with E-state index in [4.69, 9.17) is 0 Å². The molecule has 0 bridgehead atoms. The molecule has 7 heteroatoms. The highest BCUT2D eigenvalue weighted by Gasteiger charge is 2.33. The summed E-state index contributed by atoms with van der Waals surface area (Å²) in [6.45, 7) is 6.53. The molecule has 0 saturated carbocycles. The van der Waals surface area contributed by atoms with Gasteiger partial charge in [-0.1, -0.05) is 13.8 Å². The van der Waals surface area contributed by atoms with E-state index < -0.39 is 23.5 Å². The summed E-state index contributed by atoms with van der Waals surface area (Å²) < 4.78 is 52.2. The molecule has 0 aromatic heterocycles. The van der Waals surface area contributed by atoms with Crippen molar-refractivity contribution >= 4 is 5.91 Å². The number of hydrogen-bond acceptors (Lipinski definition) is 2. The van der Waals surface area contributed by atoms with E-state index in [0.29, 0.717) is 12.6 Å². The fourth-order valence-corrected chi connectivity index (χ4v) is 3.24. The fraction of sp³-hybridized carbons (Fsp3) is 0.611. The number of amides is 1. The summed E-state index contributed by atoms with van der Waals surface area (Å²) >= 11 is 0. The van der Waals surface area contributed by atoms with Crippen molar-refractivity contribution in [1.82, 2.24) is 9.80 Å². The lowest BCUT2D eigenvalue weighted by atomic mass is 10.0. The highest BCUT2D eigenvalue weighted by Crippen LogP contribution is 2.31. The molecule has 0 aliphatic carbocycles. The van der Waals surface area contributed by atoms with Gasteiger partial charge in [-0.25, -0.2) is 4.39 Å². The van der Waals surface area contributed by atoms with Gasteiger partial charge in [0, 0.05) is 25.2 Å². The summed E-state index contributed by atoms with van der Waals surface area (Å²) in [5, 5.41) is 0. The third-order valence-electron chi connectivity index (χ3n) is 4.70. The first-order chi connectivity index (χ1) is 11.6. The molecule has 2 rings (SSSR count). The molecule has 1 aromatic carbocycles. The molecule has 1 amide bonds. The first-order valence-electron chi connectivity index (χ1n) is 8.47. The number of likely N-dealkylation sites (N-methyl/N-ethyl adjacent to an activating group) is 1. The third-order valence-corrected chi connectivity index (χ3v) is 4.70. The van der Waals surface area contributed by atoms with Crippen LogP contribution in [0.1, 0.15) is 42.6 Å². The van der Waals surface area contributed by atoms with Gasteiger partial charge in [-0.3, -0.25) is 4.79 Å². The van der Waals surface area contributed by atoms with Crippen LogP contribution in [0.15, 0.2) is 18.2 Å². The number of halogens is 4. The van der Waals surface area contributed by atoms with E-state index in [9.17, 15) is 22.4 Å². The third kappa shape index (κ3) is 4.93. The van der Waals surface area contributed by atoms with Crippen LogP contribution in [0.3, 0.4) is 0 Å². The number of carbonyl (C=O) groups is 1. The van der Waals surface area contributed by atoms with E-state index in [1.807, 2.05) is 13.8 Å². The number of hydrogen-bond donors (Lipinski definition) is 0. The number of rotatable bonds is 5. The van der Waals surface area contributed by atoms with Crippen molar-refractivity contribution < 1.29 is 22.4 Å². The van der Waals surface area contributed by atoms with Gasteiger partial charge >= 0.3 is 6.18 Å². The quantitative estimate of drug-likeness (QED) is 0.740. The molecular weight excluding hydrogens is 336 g/mol. The monoisotopic (exact) mass is 360 g/mol. The predicted octanol–water partition coefficient (Wildman–Crippen LogP) is 4.04. The zero-order chi connectivity index (χ0) is 18.8. The Kier molecular flexibility index (Phi) is 6.08. The second-order valence-corrected chi connectivity index (χ2v) is 6.96. The van der Waals surface area contributed by atoms with Crippen molar-refractivity contribution in [3.63, 3.8) is 0 Å². The largest absolute Gasteiger partial charge is 0.416 e. The maximum atomic E-state index is 13.6. The van der Waals surface area contributed by atoms with Gasteiger partial charge < -0.3 is 9.80 Å². The lowest BCUT2D eigenvalue weighted by molar-refractivity contribution is -0.137. The van der Waals surface area contributed by atoms with Crippen LogP contribution < -0.4 is 0 Å². The molecule has 0 spiro atoms. The van der Waals surface area contributed by atoms with Gasteiger partial charge in [-0.15, -0.1) is 0 Å². The van der Waals surface area contributed by atoms with E-state index in [1.165, 1.54) is 4.90 Å². The molecule has 0 unspecified atom stereocenters. The van der Waals surface area contributed by atoms with Crippen LogP contribution in [-0.4, -0.2) is 48.4 Å². The topological polar surface area (TPSA) is 23.6 Å². The minimum absolute atomic E-state index is 0.130. The van der Waals surface area contributed by atoms with Gasteiger partial charge in [0.15, 0.2) is 0 Å². The predicted molar refractivity (Wildman–Crippen MR) is 87.8 cm³/mol. The van der Waals surface area contributed by atoms with Crippen molar-refractivity contribution in [2.45, 2.75) is 38.9 Å². The Morgan fingerprint density at radius 3 is 2.32 bits per heavy atom. The van der Waals surface area contributed by atoms with Crippen molar-refractivity contribution in [3.8, 4) is 0 Å². The maximum Gasteiger partial charge on any atom is 0.416 e. The summed E-state index contributed by atoms with van der Waals surface area (Å²) in [7, 11) is 1.57. The zero-order valence-electron chi connectivity index (χ0n) is 14.7. The Morgan fingerprint density at radius 1 is 1.20 bits per heavy atom. The highest BCUT2D eigenvalue weighted by atomic mass is 19.4. The standard InChI is InChI=1S/C18H24F4N2O/c1-12(2)16(11-24-6-4-5-7-24)23(3)17(25)13-8-14(18(20,21)22)10-15(19)9-13/h8-10,12,16H,4-7,11H2,1-3H3/t16-/m1/s1. The summed E-state index contributed by atoms with van der Waals surface area (Å²) in [6, 6.07) is 1.83. The van der Waals surface area contributed by atoms with Crippen LogP contribution in [0, 0.1) is 11.7 Å². The molecule has 1 aliphatic heterocycles. The summed E-state index contributed by atoms with van der Waals surface area (Å²) in [5.41, 5.74) is -1.42. The first kappa shape index (κ1) is 19.7. The minimum Gasteiger partial charge on any atom is -0.337 e. The Labute approximate surface area is 145 Å². The van der Waals surface area contributed by atoms with Crippen LogP contribution in [0.2, 0.25) is 0 Å². The second kappa shape index (κ2) is 7.72. The minimum atomic E-state index is -4.69. The SMILES string of the molecule is CC(C)[C@@H](CN1CCCC1)N(C)C(=O)c1cc(F)cc(C(F)(F)F)c1. The second-order valence-electron chi connectivity index (χ2n) is 6.96. The molecule has 0 radical (unpaired) electrons. The van der Waals surface area contributed by atoms with E-state index >= 15 is 0 Å². The van der Waals surface area contributed by atoms with Crippen LogP contribution in [0.25, 0.3) is 0 Å². The summed E-state index contributed by atoms with van der Waals surface area (Å²) in [6.07, 6.45) is -2.47. The molecule has 1 heterocycles. The van der Waals surface area contributed by atoms with Crippen LogP contribution in [-0.2, 0) is 6.18 Å². The fourth-order valence-electron chi connectivity index (χ4n) is 3.24. The normalized spacial score (nSPS) is 17.1. The Bertz CT molecular complexity index is 610. The Balaban J connectivity index is 2.23. The van der Waals surface area contributed by atoms with E-state index in [2.05, 4.69) is 4.90 Å². The van der Waals surface area contributed by atoms with Crippen molar-refractivity contribution in [3.05, 3.63) is 35.1 Å². The van der Waals surface area contributed by atoms with Gasteiger partial charge in [-0.2, -0.15) is 13.2 Å². The molecule has 1 atom stereocenters. The van der Waals surface area contributed by atoms with Crippen LogP contribution in [0.4, 0.5) is 17.6 Å². The molecule has 3 nitrogen and oxygen atoms in total. The summed E-state index contributed by atoms with van der Waals surface area (Å²) in [5.74, 6) is -1.53. The number of nitrogens with zero attached hydrogens (tertiary/aromatic N) is 2. The molecule has 0 N–H and O–H groups in total. The van der Waals surface area contributed by atoms with Crippen LogP contribution in [0.5, 0.6) is 0 Å². The molecule has 1 fully saturated rings. The Morgan fingerprint density at radius 2 is 1.80 bits per heavy atom. The maximum absolute atomic E-state index is 13.6. The van der Waals surface area contributed by atoms with Crippen molar-refractivity contribution in [2.75, 3.05) is 26.7 Å². The van der Waals surface area contributed by atoms with Gasteiger partial charge in [0.2, 0.25) is 0 Å². The van der Waals surface area contributed by atoms with Gasteiger partial charge in [0.05, 0.1) is 5.56 Å². The average molecular weight is 360 g/mol. The average Bonchev–Trinajstić information content (AvgIpc) is 3.02. The molecule has 140 valence electrons. The van der Waals surface area contributed by atoms with Gasteiger partial charge in [0.25, 0.3) is 5.91 Å². The van der Waals surface area contributed by atoms with E-state index in [-0.39, 0.29) is 17.5 Å². The number of likely N-dealkylation sites (tertiary alicyclic amines) is 1. The number of benzene rings is 1. The Hall–Kier alpha value is -1.63. The van der Waals surface area contributed by atoms with E-state index in [0.717, 1.165) is 38.1 Å². The lowest BCUT2D eigenvalue weighted by Gasteiger charge is -2.34. The van der Waals surface area contributed by atoms with Gasteiger partial charge in [0.1, 0.15) is 5.82 Å². The highest BCUT2D eigenvalue weighted by molar-refractivity contribution is 5.94. The first-order valence-corrected chi connectivity index (χ1v) is 8.47. The molecule has 1 saturated heterocycles. The molecule has 1 aliphatic rings. The van der Waals surface area contributed by atoms with Crippen molar-refractivity contribution in [1.29, 1.82) is 0 Å². The molecule has 25 heavy (non-hydrogen) atoms. The lowest BCUT2D eigenvalue weighted by Crippen LogP contribution is -2.47. The van der Waals surface area contributed by atoms with E-state index in [1.54, 1.807) is 7.05 Å². The number of carbonyl (C=O) groups excluding carboxylic acids is 1. The smallest absolute Gasteiger partial charge is 0.337 e. The van der Waals surface area contributed by atoms with Crippen molar-refractivity contribution in [2.24, 2.45) is 5.92 Å². The molecule has 1 aromatic rings. The molecular formula is C18H24F4N2O. The van der Waals surface area contributed by atoms with Gasteiger partial charge in [-0.05, 0) is 50.0 Å². The van der Waals surface area contributed by atoms with Crippen LogP contribution >= 0.6 is 0 Å². The number of alkyl halides is 3.